The summed E-state index contributed by atoms with van der Waals surface area (Å²) in [6.45, 7) is 3.20. The Morgan fingerprint density at radius 3 is 1.82 bits per heavy atom. The third-order valence-corrected chi connectivity index (χ3v) is 1.89. The van der Waals surface area contributed by atoms with Gasteiger partial charge in [-0.1, -0.05) is 6.07 Å². The highest BCUT2D eigenvalue weighted by Crippen LogP contribution is 2.29. The van der Waals surface area contributed by atoms with Crippen LogP contribution in [0.2, 0.25) is 0 Å². The van der Waals surface area contributed by atoms with Crippen LogP contribution in [0.1, 0.15) is 19.4 Å². The molecule has 2 unspecified atom stereocenters. The molecule has 0 spiro atoms. The summed E-state index contributed by atoms with van der Waals surface area (Å²) in [6, 6.07) is 5.07. The Kier molecular flexibility index (Phi) is 6.91. The van der Waals surface area contributed by atoms with E-state index < -0.39 is 12.6 Å². The molecule has 0 radical (unpaired) electrons. The van der Waals surface area contributed by atoms with Crippen molar-refractivity contribution in [1.82, 2.24) is 0 Å². The van der Waals surface area contributed by atoms with Crippen molar-refractivity contribution in [2.75, 3.05) is 0 Å². The topological polar surface area (TPSA) is 84.9 Å². The second-order valence-electron chi connectivity index (χ2n) is 3.37. The van der Waals surface area contributed by atoms with Gasteiger partial charge in [-0.3, -0.25) is 0 Å². The van der Waals surface area contributed by atoms with E-state index in [2.05, 4.69) is 0 Å². The van der Waals surface area contributed by atoms with Gasteiger partial charge in [-0.05, 0) is 26.0 Å². The second kappa shape index (κ2) is 7.34. The molecule has 0 amide bonds. The van der Waals surface area contributed by atoms with E-state index in [1.54, 1.807) is 18.2 Å². The molecule has 5 nitrogen and oxygen atoms in total. The number of hydrogen-bond acceptors (Lipinski definition) is 5. The third-order valence-electron chi connectivity index (χ3n) is 1.89. The van der Waals surface area contributed by atoms with E-state index in [-0.39, 0.29) is 19.0 Å². The van der Waals surface area contributed by atoms with Gasteiger partial charge in [0.15, 0.2) is 12.6 Å². The zero-order valence-electron chi connectivity index (χ0n) is 9.79. The van der Waals surface area contributed by atoms with Gasteiger partial charge in [0.2, 0.25) is 0 Å². The first-order chi connectivity index (χ1) is 7.54. The lowest BCUT2D eigenvalue weighted by molar-refractivity contribution is -0.00664. The molecular formula is C11H18ClNO4. The molecule has 0 aromatic heterocycles. The SMILES string of the molecule is CC(O)Oc1cccc(OC(C)O)c1CN.Cl. The average molecular weight is 264 g/mol. The number of benzene rings is 1. The molecule has 1 aromatic carbocycles. The maximum absolute atomic E-state index is 9.15. The van der Waals surface area contributed by atoms with Crippen LogP contribution in [-0.2, 0) is 6.54 Å². The van der Waals surface area contributed by atoms with E-state index in [0.717, 1.165) is 0 Å². The second-order valence-corrected chi connectivity index (χ2v) is 3.37. The van der Waals surface area contributed by atoms with Crippen LogP contribution in [0, 0.1) is 0 Å². The minimum atomic E-state index is -0.924. The molecular weight excluding hydrogens is 246 g/mol. The smallest absolute Gasteiger partial charge is 0.194 e. The van der Waals surface area contributed by atoms with Gasteiger partial charge in [-0.2, -0.15) is 0 Å². The van der Waals surface area contributed by atoms with Gasteiger partial charge in [0.05, 0.1) is 0 Å². The summed E-state index contributed by atoms with van der Waals surface area (Å²) in [7, 11) is 0. The molecule has 1 aromatic rings. The Bertz CT molecular complexity index is 316. The Morgan fingerprint density at radius 2 is 1.53 bits per heavy atom. The molecule has 2 atom stereocenters. The summed E-state index contributed by atoms with van der Waals surface area (Å²) in [4.78, 5) is 0. The fourth-order valence-electron chi connectivity index (χ4n) is 1.34. The van der Waals surface area contributed by atoms with Gasteiger partial charge < -0.3 is 25.4 Å². The van der Waals surface area contributed by atoms with E-state index >= 15 is 0 Å². The fraction of sp³-hybridized carbons (Fsp3) is 0.455. The normalized spacial score (nSPS) is 13.5. The highest BCUT2D eigenvalue weighted by Gasteiger charge is 2.12. The summed E-state index contributed by atoms with van der Waals surface area (Å²) >= 11 is 0. The molecule has 6 heteroatoms. The molecule has 0 heterocycles. The van der Waals surface area contributed by atoms with Gasteiger partial charge in [0.25, 0.3) is 0 Å². The predicted molar refractivity (Wildman–Crippen MR) is 66.2 cm³/mol. The third kappa shape index (κ3) is 4.79. The Hall–Kier alpha value is -1.01. The molecule has 4 N–H and O–H groups in total. The van der Waals surface area contributed by atoms with E-state index in [9.17, 15) is 0 Å². The maximum atomic E-state index is 9.15. The molecule has 0 aliphatic heterocycles. The summed E-state index contributed by atoms with van der Waals surface area (Å²) < 4.78 is 10.3. The van der Waals surface area contributed by atoms with Crippen LogP contribution in [0.15, 0.2) is 18.2 Å². The molecule has 0 bridgehead atoms. The average Bonchev–Trinajstić information content (AvgIpc) is 2.16. The van der Waals surface area contributed by atoms with Crippen LogP contribution in [0.3, 0.4) is 0 Å². The van der Waals surface area contributed by atoms with Gasteiger partial charge >= 0.3 is 0 Å². The van der Waals surface area contributed by atoms with Crippen molar-refractivity contribution >= 4 is 12.4 Å². The molecule has 98 valence electrons. The van der Waals surface area contributed by atoms with Crippen molar-refractivity contribution in [2.24, 2.45) is 5.73 Å². The van der Waals surface area contributed by atoms with E-state index in [1.165, 1.54) is 13.8 Å². The van der Waals surface area contributed by atoms with Crippen molar-refractivity contribution in [3.05, 3.63) is 23.8 Å². The monoisotopic (exact) mass is 263 g/mol. The number of aliphatic hydroxyl groups excluding tert-OH is 2. The number of ether oxygens (including phenoxy) is 2. The van der Waals surface area contributed by atoms with Crippen LogP contribution < -0.4 is 15.2 Å². The summed E-state index contributed by atoms with van der Waals surface area (Å²) in [5.41, 5.74) is 6.19. The fourth-order valence-corrected chi connectivity index (χ4v) is 1.34. The minimum Gasteiger partial charge on any atom is -0.465 e. The molecule has 1 rings (SSSR count). The van der Waals surface area contributed by atoms with Crippen LogP contribution >= 0.6 is 12.4 Å². The van der Waals surface area contributed by atoms with Crippen molar-refractivity contribution in [3.8, 4) is 11.5 Å². The van der Waals surface area contributed by atoms with E-state index in [1.807, 2.05) is 0 Å². The molecule has 0 saturated carbocycles. The summed E-state index contributed by atoms with van der Waals surface area (Å²) in [5, 5.41) is 18.3. The maximum Gasteiger partial charge on any atom is 0.194 e. The first-order valence-corrected chi connectivity index (χ1v) is 5.06. The molecule has 0 aliphatic carbocycles. The first-order valence-electron chi connectivity index (χ1n) is 5.06. The molecule has 0 fully saturated rings. The van der Waals surface area contributed by atoms with Gasteiger partial charge in [0, 0.05) is 12.1 Å². The zero-order chi connectivity index (χ0) is 12.1. The van der Waals surface area contributed by atoms with E-state index in [4.69, 9.17) is 25.4 Å². The van der Waals surface area contributed by atoms with Crippen molar-refractivity contribution in [2.45, 2.75) is 33.0 Å². The number of aliphatic hydroxyl groups is 2. The van der Waals surface area contributed by atoms with Gasteiger partial charge in [-0.25, -0.2) is 0 Å². The summed E-state index contributed by atoms with van der Waals surface area (Å²) in [6.07, 6.45) is -1.85. The number of halogens is 1. The number of hydrogen-bond donors (Lipinski definition) is 3. The predicted octanol–water partition coefficient (Wildman–Crippen LogP) is 1.00. The van der Waals surface area contributed by atoms with Crippen molar-refractivity contribution in [1.29, 1.82) is 0 Å². The van der Waals surface area contributed by atoms with Crippen molar-refractivity contribution in [3.63, 3.8) is 0 Å². The first kappa shape index (κ1) is 16.0. The van der Waals surface area contributed by atoms with Crippen LogP contribution in [0.25, 0.3) is 0 Å². The quantitative estimate of drug-likeness (QED) is 0.690. The number of nitrogens with two attached hydrogens (primary N) is 1. The highest BCUT2D eigenvalue weighted by molar-refractivity contribution is 5.85. The number of rotatable bonds is 5. The van der Waals surface area contributed by atoms with Gasteiger partial charge in [-0.15, -0.1) is 12.4 Å². The highest BCUT2D eigenvalue weighted by atomic mass is 35.5. The van der Waals surface area contributed by atoms with E-state index in [0.29, 0.717) is 17.1 Å². The largest absolute Gasteiger partial charge is 0.465 e. The van der Waals surface area contributed by atoms with Crippen LogP contribution in [0.5, 0.6) is 11.5 Å². The molecule has 0 aliphatic rings. The van der Waals surface area contributed by atoms with Gasteiger partial charge in [0.1, 0.15) is 11.5 Å². The lowest BCUT2D eigenvalue weighted by atomic mass is 10.2. The minimum absolute atomic E-state index is 0. The summed E-state index contributed by atoms with van der Waals surface area (Å²) in [5.74, 6) is 0.909. The van der Waals surface area contributed by atoms with Crippen LogP contribution in [-0.4, -0.2) is 22.8 Å². The standard InChI is InChI=1S/C11H17NO4.ClH/c1-7(13)15-10-4-3-5-11(9(10)6-12)16-8(2)14;/h3-5,7-8,13-14H,6,12H2,1-2H3;1H. The molecule has 0 saturated heterocycles. The Labute approximate surface area is 107 Å². The zero-order valence-corrected chi connectivity index (χ0v) is 10.6. The van der Waals surface area contributed by atoms with Crippen LogP contribution in [0.4, 0.5) is 0 Å². The Morgan fingerprint density at radius 1 is 1.12 bits per heavy atom. The van der Waals surface area contributed by atoms with Crippen molar-refractivity contribution < 1.29 is 19.7 Å². The Balaban J connectivity index is 0.00000256. The lowest BCUT2D eigenvalue weighted by Crippen LogP contribution is -2.15. The molecule has 17 heavy (non-hydrogen) atoms. The lowest BCUT2D eigenvalue weighted by Gasteiger charge is -2.17.